The molecule has 0 spiro atoms. The van der Waals surface area contributed by atoms with Gasteiger partial charge in [-0.3, -0.25) is 4.90 Å². The number of fused-ring (bicyclic) bond motifs is 2. The minimum Gasteiger partial charge on any atom is -0.310 e. The van der Waals surface area contributed by atoms with Gasteiger partial charge in [-0.2, -0.15) is 0 Å². The molecule has 120 valence electrons. The molecule has 1 aliphatic rings. The lowest BCUT2D eigenvalue weighted by molar-refractivity contribution is 0.255. The molecule has 4 rings (SSSR count). The van der Waals surface area contributed by atoms with E-state index in [2.05, 4.69) is 56.3 Å². The Morgan fingerprint density at radius 3 is 3.22 bits per heavy atom. The molecular formula is C18H22N4S. The van der Waals surface area contributed by atoms with E-state index in [1.165, 1.54) is 29.8 Å². The Morgan fingerprint density at radius 1 is 1.30 bits per heavy atom. The third-order valence-corrected chi connectivity index (χ3v) is 5.55. The van der Waals surface area contributed by atoms with E-state index in [1.54, 1.807) is 4.88 Å². The second-order valence-corrected chi connectivity index (χ2v) is 7.26. The number of thiophene rings is 1. The number of imidazole rings is 1. The molecule has 3 aromatic heterocycles. The van der Waals surface area contributed by atoms with Crippen LogP contribution in [0.25, 0.3) is 5.65 Å². The first-order valence-corrected chi connectivity index (χ1v) is 9.08. The smallest absolute Gasteiger partial charge is 0.136 e. The van der Waals surface area contributed by atoms with E-state index in [1.807, 2.05) is 17.5 Å². The number of nitrogens with one attached hydrogen (secondary N) is 1. The lowest BCUT2D eigenvalue weighted by Crippen LogP contribution is -2.35. The molecule has 0 bridgehead atoms. The van der Waals surface area contributed by atoms with E-state index in [4.69, 9.17) is 0 Å². The standard InChI is InChI=1S/C18H22N4S/c1-14-2-3-18-20-11-16(22(18)12-14)10-19-6-8-21-7-4-17-15(13-21)5-9-23-17/h2-3,5,9,11-12,19H,4,6-8,10,13H2,1H3. The van der Waals surface area contributed by atoms with Crippen molar-refractivity contribution in [3.63, 3.8) is 0 Å². The summed E-state index contributed by atoms with van der Waals surface area (Å²) in [4.78, 5) is 8.58. The summed E-state index contributed by atoms with van der Waals surface area (Å²) in [7, 11) is 0. The van der Waals surface area contributed by atoms with Crippen molar-refractivity contribution >= 4 is 17.0 Å². The molecule has 4 nitrogen and oxygen atoms in total. The summed E-state index contributed by atoms with van der Waals surface area (Å²) in [6, 6.07) is 6.46. The lowest BCUT2D eigenvalue weighted by atomic mass is 10.1. The molecule has 23 heavy (non-hydrogen) atoms. The van der Waals surface area contributed by atoms with E-state index >= 15 is 0 Å². The third-order valence-electron chi connectivity index (χ3n) is 4.53. The molecule has 0 atom stereocenters. The van der Waals surface area contributed by atoms with E-state index in [0.717, 1.165) is 31.8 Å². The topological polar surface area (TPSA) is 32.6 Å². The van der Waals surface area contributed by atoms with Gasteiger partial charge in [0.2, 0.25) is 0 Å². The number of nitrogens with zero attached hydrogens (tertiary/aromatic N) is 3. The van der Waals surface area contributed by atoms with Crippen molar-refractivity contribution in [2.45, 2.75) is 26.4 Å². The van der Waals surface area contributed by atoms with Crippen molar-refractivity contribution in [1.82, 2.24) is 19.6 Å². The second-order valence-electron chi connectivity index (χ2n) is 6.26. The molecular weight excluding hydrogens is 304 g/mol. The van der Waals surface area contributed by atoms with Crippen LogP contribution in [0.3, 0.4) is 0 Å². The normalized spacial score (nSPS) is 15.2. The zero-order valence-corrected chi connectivity index (χ0v) is 14.3. The van der Waals surface area contributed by atoms with Gasteiger partial charge in [0.1, 0.15) is 5.65 Å². The molecule has 5 heteroatoms. The minimum atomic E-state index is 0.863. The van der Waals surface area contributed by atoms with Crippen molar-refractivity contribution in [2.24, 2.45) is 0 Å². The average molecular weight is 326 g/mol. The maximum Gasteiger partial charge on any atom is 0.136 e. The lowest BCUT2D eigenvalue weighted by Gasteiger charge is -2.26. The fourth-order valence-electron chi connectivity index (χ4n) is 3.22. The highest BCUT2D eigenvalue weighted by atomic mass is 32.1. The van der Waals surface area contributed by atoms with Crippen LogP contribution in [0, 0.1) is 6.92 Å². The van der Waals surface area contributed by atoms with Crippen LogP contribution in [0.15, 0.2) is 36.0 Å². The number of aryl methyl sites for hydroxylation is 1. The summed E-state index contributed by atoms with van der Waals surface area (Å²) in [6.07, 6.45) is 5.34. The Morgan fingerprint density at radius 2 is 2.26 bits per heavy atom. The predicted molar refractivity (Wildman–Crippen MR) is 94.9 cm³/mol. The number of aromatic nitrogens is 2. The molecule has 1 N–H and O–H groups in total. The van der Waals surface area contributed by atoms with Crippen molar-refractivity contribution in [2.75, 3.05) is 19.6 Å². The summed E-state index contributed by atoms with van der Waals surface area (Å²) in [5, 5.41) is 5.79. The van der Waals surface area contributed by atoms with Crippen LogP contribution < -0.4 is 5.32 Å². The van der Waals surface area contributed by atoms with Gasteiger partial charge in [0.25, 0.3) is 0 Å². The van der Waals surface area contributed by atoms with Crippen LogP contribution in [-0.4, -0.2) is 33.9 Å². The van der Waals surface area contributed by atoms with Gasteiger partial charge in [0, 0.05) is 43.8 Å². The van der Waals surface area contributed by atoms with Gasteiger partial charge in [-0.1, -0.05) is 6.07 Å². The van der Waals surface area contributed by atoms with Gasteiger partial charge in [0.15, 0.2) is 0 Å². The molecule has 0 fully saturated rings. The Bertz CT molecular complexity index is 804. The van der Waals surface area contributed by atoms with Crippen LogP contribution in [0.4, 0.5) is 0 Å². The highest BCUT2D eigenvalue weighted by molar-refractivity contribution is 7.10. The number of hydrogen-bond donors (Lipinski definition) is 1. The minimum absolute atomic E-state index is 0.863. The highest BCUT2D eigenvalue weighted by Crippen LogP contribution is 2.23. The van der Waals surface area contributed by atoms with E-state index < -0.39 is 0 Å². The van der Waals surface area contributed by atoms with Crippen LogP contribution >= 0.6 is 11.3 Å². The van der Waals surface area contributed by atoms with Crippen LogP contribution in [0.1, 0.15) is 21.7 Å². The van der Waals surface area contributed by atoms with Crippen molar-refractivity contribution in [3.8, 4) is 0 Å². The Balaban J connectivity index is 1.29. The van der Waals surface area contributed by atoms with Gasteiger partial charge in [-0.05, 0) is 42.0 Å². The number of pyridine rings is 1. The predicted octanol–water partition coefficient (Wildman–Crippen LogP) is 2.85. The highest BCUT2D eigenvalue weighted by Gasteiger charge is 2.16. The SMILES string of the molecule is Cc1ccc2ncc(CNCCN3CCc4sccc4C3)n2c1. The van der Waals surface area contributed by atoms with Crippen LogP contribution in [0.2, 0.25) is 0 Å². The number of rotatable bonds is 5. The Hall–Kier alpha value is -1.69. The van der Waals surface area contributed by atoms with Gasteiger partial charge in [0.05, 0.1) is 11.9 Å². The quantitative estimate of drug-likeness (QED) is 0.732. The summed E-state index contributed by atoms with van der Waals surface area (Å²) in [5.74, 6) is 0. The molecule has 1 aliphatic heterocycles. The van der Waals surface area contributed by atoms with E-state index in [0.29, 0.717) is 0 Å². The number of hydrogen-bond acceptors (Lipinski definition) is 4. The van der Waals surface area contributed by atoms with Gasteiger partial charge in [-0.15, -0.1) is 11.3 Å². The van der Waals surface area contributed by atoms with E-state index in [-0.39, 0.29) is 0 Å². The summed E-state index contributed by atoms with van der Waals surface area (Å²) in [6.45, 7) is 7.39. The molecule has 0 unspecified atom stereocenters. The molecule has 0 saturated carbocycles. The maximum absolute atomic E-state index is 4.46. The van der Waals surface area contributed by atoms with Crippen LogP contribution in [0.5, 0.6) is 0 Å². The second kappa shape index (κ2) is 6.43. The fourth-order valence-corrected chi connectivity index (χ4v) is 4.11. The van der Waals surface area contributed by atoms with E-state index in [9.17, 15) is 0 Å². The first kappa shape index (κ1) is 14.9. The van der Waals surface area contributed by atoms with Gasteiger partial charge in [-0.25, -0.2) is 4.98 Å². The molecule has 0 aromatic carbocycles. The maximum atomic E-state index is 4.46. The zero-order valence-electron chi connectivity index (χ0n) is 13.5. The average Bonchev–Trinajstić information content (AvgIpc) is 3.17. The fraction of sp³-hybridized carbons (Fsp3) is 0.389. The van der Waals surface area contributed by atoms with Gasteiger partial charge < -0.3 is 9.72 Å². The molecule has 0 saturated heterocycles. The summed E-state index contributed by atoms with van der Waals surface area (Å²) >= 11 is 1.90. The molecule has 4 heterocycles. The Kier molecular flexibility index (Phi) is 4.16. The van der Waals surface area contributed by atoms with Crippen molar-refractivity contribution < 1.29 is 0 Å². The van der Waals surface area contributed by atoms with Crippen molar-refractivity contribution in [1.29, 1.82) is 0 Å². The Labute approximate surface area is 140 Å². The monoisotopic (exact) mass is 326 g/mol. The first-order valence-electron chi connectivity index (χ1n) is 8.20. The molecule has 0 radical (unpaired) electrons. The van der Waals surface area contributed by atoms with Crippen LogP contribution in [-0.2, 0) is 19.5 Å². The largest absolute Gasteiger partial charge is 0.310 e. The molecule has 0 amide bonds. The molecule has 0 aliphatic carbocycles. The third kappa shape index (κ3) is 3.17. The summed E-state index contributed by atoms with van der Waals surface area (Å²) < 4.78 is 2.18. The van der Waals surface area contributed by atoms with Gasteiger partial charge >= 0.3 is 0 Å². The molecule has 3 aromatic rings. The zero-order chi connectivity index (χ0) is 15.6. The van der Waals surface area contributed by atoms with Crippen molar-refractivity contribution in [3.05, 3.63) is 57.7 Å². The summed E-state index contributed by atoms with van der Waals surface area (Å²) in [5.41, 5.74) is 5.03. The first-order chi connectivity index (χ1) is 11.3.